The van der Waals surface area contributed by atoms with Crippen LogP contribution in [0.3, 0.4) is 0 Å². The number of carbonyl (C=O) groups excluding carboxylic acids is 1. The minimum absolute atomic E-state index is 0.0935. The molecule has 0 unspecified atom stereocenters. The van der Waals surface area contributed by atoms with Crippen LogP contribution in [0.5, 0.6) is 0 Å². The van der Waals surface area contributed by atoms with E-state index in [2.05, 4.69) is 22.4 Å². The Hall–Kier alpha value is -3.29. The Balaban J connectivity index is 1.34. The van der Waals surface area contributed by atoms with Crippen molar-refractivity contribution in [2.75, 3.05) is 10.8 Å². The topological polar surface area (TPSA) is 57.7 Å². The summed E-state index contributed by atoms with van der Waals surface area (Å²) in [5.41, 5.74) is 5.17. The van der Waals surface area contributed by atoms with E-state index in [-0.39, 0.29) is 16.7 Å². The van der Waals surface area contributed by atoms with E-state index in [0.29, 0.717) is 18.4 Å². The van der Waals surface area contributed by atoms with E-state index in [1.165, 1.54) is 4.31 Å². The lowest BCUT2D eigenvalue weighted by atomic mass is 10.00. The SMILES string of the molecule is C[C@@H]1Cc2ccccc2N1S(=O)(=O)c1cccc(C(=O)C2=C3SC=C(c4ccccc4)N3CCCC2)c1. The van der Waals surface area contributed by atoms with Crippen LogP contribution in [0.25, 0.3) is 5.70 Å². The number of Topliss-reactive ketones (excluding diaryl/α,β-unsaturated/α-hetero) is 1. The van der Waals surface area contributed by atoms with E-state index < -0.39 is 10.0 Å². The Bertz CT molecular complexity index is 1540. The number of allylic oxidation sites excluding steroid dienone is 1. The Morgan fingerprint density at radius 2 is 1.73 bits per heavy atom. The third-order valence-corrected chi connectivity index (χ3v) is 10.2. The van der Waals surface area contributed by atoms with Gasteiger partial charge in [-0.15, -0.1) is 0 Å². The fourth-order valence-electron chi connectivity index (χ4n) is 5.52. The maximum Gasteiger partial charge on any atom is 0.264 e. The number of rotatable bonds is 5. The van der Waals surface area contributed by atoms with Gasteiger partial charge < -0.3 is 4.90 Å². The molecular weight excluding hydrogens is 500 g/mol. The van der Waals surface area contributed by atoms with Gasteiger partial charge in [0.2, 0.25) is 0 Å². The number of ketones is 1. The van der Waals surface area contributed by atoms with Crippen molar-refractivity contribution in [3.8, 4) is 0 Å². The average Bonchev–Trinajstić information content (AvgIpc) is 3.42. The van der Waals surface area contributed by atoms with Gasteiger partial charge in [0.15, 0.2) is 5.78 Å². The molecule has 0 spiro atoms. The summed E-state index contributed by atoms with van der Waals surface area (Å²) in [6, 6.07) is 24.2. The number of carbonyl (C=O) groups is 1. The first-order valence-corrected chi connectivity index (χ1v) is 15.0. The van der Waals surface area contributed by atoms with Crippen molar-refractivity contribution in [2.45, 2.75) is 43.5 Å². The zero-order valence-corrected chi connectivity index (χ0v) is 22.3. The zero-order chi connectivity index (χ0) is 25.6. The number of benzene rings is 3. The third kappa shape index (κ3) is 4.20. The fraction of sp³-hybridized carbons (Fsp3) is 0.233. The second kappa shape index (κ2) is 9.54. The van der Waals surface area contributed by atoms with Gasteiger partial charge in [0.25, 0.3) is 10.0 Å². The van der Waals surface area contributed by atoms with Gasteiger partial charge in [0.1, 0.15) is 0 Å². The Morgan fingerprint density at radius 3 is 2.57 bits per heavy atom. The number of sulfonamides is 1. The highest BCUT2D eigenvalue weighted by Crippen LogP contribution is 2.44. The number of nitrogens with zero attached hydrogens (tertiary/aromatic N) is 2. The molecule has 37 heavy (non-hydrogen) atoms. The highest BCUT2D eigenvalue weighted by Gasteiger charge is 2.36. The van der Waals surface area contributed by atoms with Gasteiger partial charge in [-0.05, 0) is 61.9 Å². The summed E-state index contributed by atoms with van der Waals surface area (Å²) in [7, 11) is -3.82. The van der Waals surface area contributed by atoms with Crippen LogP contribution < -0.4 is 4.31 Å². The van der Waals surface area contributed by atoms with Crippen molar-refractivity contribution in [1.29, 1.82) is 0 Å². The molecule has 1 atom stereocenters. The molecule has 6 rings (SSSR count). The van der Waals surface area contributed by atoms with Gasteiger partial charge >= 0.3 is 0 Å². The van der Waals surface area contributed by atoms with Crippen LogP contribution >= 0.6 is 11.8 Å². The Kier molecular flexibility index (Phi) is 6.21. The van der Waals surface area contributed by atoms with Crippen LogP contribution in [0.2, 0.25) is 0 Å². The predicted molar refractivity (Wildman–Crippen MR) is 150 cm³/mol. The normalized spacial score (nSPS) is 19.4. The maximum atomic E-state index is 13.9. The molecule has 0 bridgehead atoms. The largest absolute Gasteiger partial charge is 0.335 e. The summed E-state index contributed by atoms with van der Waals surface area (Å²) in [5, 5.41) is 3.09. The van der Waals surface area contributed by atoms with Crippen LogP contribution in [0, 0.1) is 0 Å². The number of fused-ring (bicyclic) bond motifs is 2. The minimum Gasteiger partial charge on any atom is -0.335 e. The van der Waals surface area contributed by atoms with Crippen LogP contribution in [0.15, 0.2) is 99.8 Å². The summed E-state index contributed by atoms with van der Waals surface area (Å²) in [4.78, 5) is 16.3. The molecule has 0 saturated carbocycles. The Morgan fingerprint density at radius 1 is 0.946 bits per heavy atom. The molecule has 3 aromatic carbocycles. The molecule has 188 valence electrons. The third-order valence-electron chi connectivity index (χ3n) is 7.28. The quantitative estimate of drug-likeness (QED) is 0.356. The second-order valence-electron chi connectivity index (χ2n) is 9.72. The van der Waals surface area contributed by atoms with Crippen molar-refractivity contribution >= 4 is 39.0 Å². The van der Waals surface area contributed by atoms with Gasteiger partial charge in [-0.2, -0.15) is 0 Å². The minimum atomic E-state index is -3.82. The first kappa shape index (κ1) is 24.1. The second-order valence-corrected chi connectivity index (χ2v) is 12.4. The smallest absolute Gasteiger partial charge is 0.264 e. The van der Waals surface area contributed by atoms with Crippen molar-refractivity contribution in [2.24, 2.45) is 0 Å². The summed E-state index contributed by atoms with van der Waals surface area (Å²) in [6.45, 7) is 2.79. The first-order valence-electron chi connectivity index (χ1n) is 12.7. The number of thioether (sulfide) groups is 1. The van der Waals surface area contributed by atoms with E-state index in [4.69, 9.17) is 0 Å². The number of hydrogen-bond donors (Lipinski definition) is 0. The Labute approximate surface area is 222 Å². The molecule has 0 radical (unpaired) electrons. The summed E-state index contributed by atoms with van der Waals surface area (Å²) >= 11 is 1.59. The summed E-state index contributed by atoms with van der Waals surface area (Å²) in [6.07, 6.45) is 3.27. The molecule has 0 saturated heterocycles. The van der Waals surface area contributed by atoms with Gasteiger partial charge in [-0.1, -0.05) is 72.4 Å². The van der Waals surface area contributed by atoms with Gasteiger partial charge in [0.05, 0.1) is 21.3 Å². The first-order chi connectivity index (χ1) is 17.9. The monoisotopic (exact) mass is 528 g/mol. The molecule has 7 heteroatoms. The van der Waals surface area contributed by atoms with E-state index >= 15 is 0 Å². The number of para-hydroxylation sites is 1. The average molecular weight is 529 g/mol. The van der Waals surface area contributed by atoms with Crippen LogP contribution in [0.1, 0.15) is 47.7 Å². The van der Waals surface area contributed by atoms with Crippen molar-refractivity contribution in [3.63, 3.8) is 0 Å². The molecule has 0 amide bonds. The van der Waals surface area contributed by atoms with Crippen LogP contribution in [0.4, 0.5) is 5.69 Å². The van der Waals surface area contributed by atoms with E-state index in [0.717, 1.165) is 52.5 Å². The zero-order valence-electron chi connectivity index (χ0n) is 20.6. The fourth-order valence-corrected chi connectivity index (χ4v) is 8.39. The van der Waals surface area contributed by atoms with E-state index in [1.54, 1.807) is 36.0 Å². The lowest BCUT2D eigenvalue weighted by molar-refractivity contribution is 0.102. The standard InChI is InChI=1S/C30H28N2O3S2/c1-21-18-23-12-5-6-16-27(23)32(21)37(34,35)25-14-9-13-24(19-25)29(33)26-15-7-8-17-31-28(20-36-30(26)31)22-10-3-2-4-11-22/h2-6,9-14,16,19-21H,7-8,15,17-18H2,1H3/t21-/m1/s1. The van der Waals surface area contributed by atoms with Crippen LogP contribution in [-0.2, 0) is 16.4 Å². The van der Waals surface area contributed by atoms with E-state index in [9.17, 15) is 13.2 Å². The van der Waals surface area contributed by atoms with Crippen molar-refractivity contribution in [3.05, 3.63) is 112 Å². The molecule has 3 aromatic rings. The molecule has 3 aliphatic rings. The molecule has 3 heterocycles. The maximum absolute atomic E-state index is 13.9. The summed E-state index contributed by atoms with van der Waals surface area (Å²) in [5.74, 6) is -0.0935. The molecule has 0 aromatic heterocycles. The molecule has 0 N–H and O–H groups in total. The summed E-state index contributed by atoms with van der Waals surface area (Å²) < 4.78 is 29.1. The van der Waals surface area contributed by atoms with Crippen molar-refractivity contribution < 1.29 is 13.2 Å². The number of hydrogen-bond acceptors (Lipinski definition) is 5. The highest BCUT2D eigenvalue weighted by molar-refractivity contribution is 8.06. The van der Waals surface area contributed by atoms with Gasteiger partial charge in [-0.25, -0.2) is 8.42 Å². The molecule has 0 aliphatic carbocycles. The van der Waals surface area contributed by atoms with Gasteiger partial charge in [0, 0.05) is 29.1 Å². The van der Waals surface area contributed by atoms with Crippen molar-refractivity contribution in [1.82, 2.24) is 4.90 Å². The molecule has 5 nitrogen and oxygen atoms in total. The van der Waals surface area contributed by atoms with Crippen LogP contribution in [-0.4, -0.2) is 31.7 Å². The number of anilines is 1. The van der Waals surface area contributed by atoms with Gasteiger partial charge in [-0.3, -0.25) is 9.10 Å². The predicted octanol–water partition coefficient (Wildman–Crippen LogP) is 6.45. The molecule has 0 fully saturated rings. The molecular formula is C30H28N2O3S2. The lowest BCUT2D eigenvalue weighted by Crippen LogP contribution is -2.35. The lowest BCUT2D eigenvalue weighted by Gasteiger charge is -2.25. The molecule has 3 aliphatic heterocycles. The van der Waals surface area contributed by atoms with E-state index in [1.807, 2.05) is 49.4 Å². The highest BCUT2D eigenvalue weighted by atomic mass is 32.2.